The van der Waals surface area contributed by atoms with E-state index in [2.05, 4.69) is 6.92 Å². The van der Waals surface area contributed by atoms with E-state index in [1.54, 1.807) is 6.08 Å². The highest BCUT2D eigenvalue weighted by Gasteiger charge is 2.12. The van der Waals surface area contributed by atoms with Crippen molar-refractivity contribution >= 4 is 12.0 Å². The van der Waals surface area contributed by atoms with Gasteiger partial charge in [-0.2, -0.15) is 0 Å². The molecule has 0 unspecified atom stereocenters. The van der Waals surface area contributed by atoms with Gasteiger partial charge in [0.2, 0.25) is 5.76 Å². The predicted molar refractivity (Wildman–Crippen MR) is 107 cm³/mol. The first-order chi connectivity index (χ1) is 13.2. The van der Waals surface area contributed by atoms with Crippen LogP contribution in [0.3, 0.4) is 0 Å². The molecule has 27 heavy (non-hydrogen) atoms. The quantitative estimate of drug-likeness (QED) is 0.231. The molecule has 0 aliphatic heterocycles. The van der Waals surface area contributed by atoms with E-state index in [-0.39, 0.29) is 5.76 Å². The lowest BCUT2D eigenvalue weighted by Gasteiger charge is -2.10. The summed E-state index contributed by atoms with van der Waals surface area (Å²) in [6.07, 6.45) is 4.39. The SMILES string of the molecule is CCCCO/C(=C\c1ccc(OCc2ccccc2)cc1)C(=O)OCCC. The van der Waals surface area contributed by atoms with Crippen LogP contribution in [0.4, 0.5) is 0 Å². The van der Waals surface area contributed by atoms with Gasteiger partial charge in [0.25, 0.3) is 0 Å². The highest BCUT2D eigenvalue weighted by Crippen LogP contribution is 2.17. The van der Waals surface area contributed by atoms with Gasteiger partial charge in [-0.15, -0.1) is 0 Å². The molecule has 0 aromatic heterocycles. The number of hydrogen-bond acceptors (Lipinski definition) is 4. The van der Waals surface area contributed by atoms with E-state index < -0.39 is 5.97 Å². The molecule has 0 aliphatic carbocycles. The highest BCUT2D eigenvalue weighted by atomic mass is 16.6. The third kappa shape index (κ3) is 7.57. The normalized spacial score (nSPS) is 11.1. The molecule has 0 N–H and O–H groups in total. The zero-order chi connectivity index (χ0) is 19.3. The summed E-state index contributed by atoms with van der Waals surface area (Å²) in [6.45, 7) is 5.45. The summed E-state index contributed by atoms with van der Waals surface area (Å²) in [5.41, 5.74) is 1.98. The Morgan fingerprint density at radius 3 is 2.30 bits per heavy atom. The summed E-state index contributed by atoms with van der Waals surface area (Å²) in [4.78, 5) is 12.2. The van der Waals surface area contributed by atoms with Crippen LogP contribution in [0.25, 0.3) is 6.08 Å². The van der Waals surface area contributed by atoms with E-state index in [0.717, 1.165) is 36.1 Å². The van der Waals surface area contributed by atoms with Crippen LogP contribution in [0, 0.1) is 0 Å². The van der Waals surface area contributed by atoms with Crippen molar-refractivity contribution in [3.63, 3.8) is 0 Å². The maximum absolute atomic E-state index is 12.2. The number of esters is 1. The Labute approximate surface area is 161 Å². The third-order valence-electron chi connectivity index (χ3n) is 3.82. The Morgan fingerprint density at radius 2 is 1.63 bits per heavy atom. The molecule has 0 bridgehead atoms. The molecule has 0 spiro atoms. The zero-order valence-electron chi connectivity index (χ0n) is 16.1. The van der Waals surface area contributed by atoms with Crippen molar-refractivity contribution in [3.8, 4) is 5.75 Å². The van der Waals surface area contributed by atoms with Gasteiger partial charge < -0.3 is 14.2 Å². The zero-order valence-corrected chi connectivity index (χ0v) is 16.1. The number of carbonyl (C=O) groups is 1. The minimum absolute atomic E-state index is 0.245. The van der Waals surface area contributed by atoms with E-state index in [9.17, 15) is 4.79 Å². The second-order valence-corrected chi connectivity index (χ2v) is 6.19. The molecule has 144 valence electrons. The molecule has 2 aromatic carbocycles. The standard InChI is InChI=1S/C23H28O4/c1-3-5-16-25-22(23(24)26-15-4-2)17-19-11-13-21(14-12-19)27-18-20-9-7-6-8-10-20/h6-14,17H,3-5,15-16,18H2,1-2H3/b22-17-. The third-order valence-corrected chi connectivity index (χ3v) is 3.82. The monoisotopic (exact) mass is 368 g/mol. The van der Waals surface area contributed by atoms with Crippen molar-refractivity contribution in [3.05, 3.63) is 71.5 Å². The average molecular weight is 368 g/mol. The van der Waals surface area contributed by atoms with Crippen LogP contribution in [0.2, 0.25) is 0 Å². The topological polar surface area (TPSA) is 44.8 Å². The number of rotatable bonds is 11. The Hall–Kier alpha value is -2.75. The van der Waals surface area contributed by atoms with Crippen LogP contribution < -0.4 is 4.74 Å². The molecule has 0 fully saturated rings. The predicted octanol–water partition coefficient (Wildman–Crippen LogP) is 5.38. The van der Waals surface area contributed by atoms with Crippen LogP contribution in [0.1, 0.15) is 44.2 Å². The van der Waals surface area contributed by atoms with Crippen LogP contribution >= 0.6 is 0 Å². The number of carbonyl (C=O) groups excluding carboxylic acids is 1. The second kappa shape index (κ2) is 11.8. The average Bonchev–Trinajstić information content (AvgIpc) is 2.71. The van der Waals surface area contributed by atoms with Gasteiger partial charge in [-0.25, -0.2) is 4.79 Å². The van der Waals surface area contributed by atoms with Gasteiger partial charge in [-0.3, -0.25) is 0 Å². The summed E-state index contributed by atoms with van der Waals surface area (Å²) in [6, 6.07) is 17.6. The van der Waals surface area contributed by atoms with Crippen molar-refractivity contribution < 1.29 is 19.0 Å². The van der Waals surface area contributed by atoms with Gasteiger partial charge in [0.1, 0.15) is 12.4 Å². The Kier molecular flexibility index (Phi) is 8.98. The fraction of sp³-hybridized carbons (Fsp3) is 0.348. The van der Waals surface area contributed by atoms with Crippen molar-refractivity contribution in [1.82, 2.24) is 0 Å². The molecule has 0 atom stereocenters. The minimum Gasteiger partial charge on any atom is -0.489 e. The van der Waals surface area contributed by atoms with Crippen LogP contribution in [0.15, 0.2) is 60.4 Å². The van der Waals surface area contributed by atoms with Crippen LogP contribution in [0.5, 0.6) is 5.75 Å². The van der Waals surface area contributed by atoms with Crippen molar-refractivity contribution in [2.45, 2.75) is 39.7 Å². The molecule has 2 rings (SSSR count). The van der Waals surface area contributed by atoms with Crippen LogP contribution in [-0.2, 0) is 20.9 Å². The Balaban J connectivity index is 2.00. The molecule has 0 heterocycles. The molecule has 0 aliphatic rings. The maximum Gasteiger partial charge on any atom is 0.373 e. The summed E-state index contributed by atoms with van der Waals surface area (Å²) in [7, 11) is 0. The van der Waals surface area contributed by atoms with E-state index >= 15 is 0 Å². The van der Waals surface area contributed by atoms with Crippen molar-refractivity contribution in [1.29, 1.82) is 0 Å². The lowest BCUT2D eigenvalue weighted by Crippen LogP contribution is -2.12. The van der Waals surface area contributed by atoms with E-state index in [1.165, 1.54) is 0 Å². The number of hydrogen-bond donors (Lipinski definition) is 0. The number of benzene rings is 2. The molecule has 4 heteroatoms. The van der Waals surface area contributed by atoms with E-state index in [0.29, 0.717) is 19.8 Å². The fourth-order valence-electron chi connectivity index (χ4n) is 2.30. The molecular weight excluding hydrogens is 340 g/mol. The molecule has 0 amide bonds. The summed E-state index contributed by atoms with van der Waals surface area (Å²) < 4.78 is 16.6. The van der Waals surface area contributed by atoms with Gasteiger partial charge in [0, 0.05) is 0 Å². The first-order valence-electron chi connectivity index (χ1n) is 9.51. The smallest absolute Gasteiger partial charge is 0.373 e. The number of ether oxygens (including phenoxy) is 3. The van der Waals surface area contributed by atoms with Crippen molar-refractivity contribution in [2.75, 3.05) is 13.2 Å². The van der Waals surface area contributed by atoms with Gasteiger partial charge in [-0.05, 0) is 42.2 Å². The highest BCUT2D eigenvalue weighted by molar-refractivity contribution is 5.91. The van der Waals surface area contributed by atoms with Gasteiger partial charge in [-0.1, -0.05) is 62.7 Å². The molecule has 4 nitrogen and oxygen atoms in total. The van der Waals surface area contributed by atoms with Gasteiger partial charge in [0.05, 0.1) is 13.2 Å². The van der Waals surface area contributed by atoms with Gasteiger partial charge in [0.15, 0.2) is 0 Å². The molecule has 0 saturated carbocycles. The van der Waals surface area contributed by atoms with Crippen LogP contribution in [-0.4, -0.2) is 19.2 Å². The fourth-order valence-corrected chi connectivity index (χ4v) is 2.30. The number of unbranched alkanes of at least 4 members (excludes halogenated alkanes) is 1. The first-order valence-corrected chi connectivity index (χ1v) is 9.51. The molecule has 0 radical (unpaired) electrons. The lowest BCUT2D eigenvalue weighted by atomic mass is 10.2. The van der Waals surface area contributed by atoms with Gasteiger partial charge >= 0.3 is 5.97 Å². The Morgan fingerprint density at radius 1 is 0.889 bits per heavy atom. The summed E-state index contributed by atoms with van der Waals surface area (Å²) in [5, 5.41) is 0. The Bertz CT molecular complexity index is 705. The van der Waals surface area contributed by atoms with E-state index in [4.69, 9.17) is 14.2 Å². The summed E-state index contributed by atoms with van der Waals surface area (Å²) in [5.74, 6) is 0.602. The minimum atomic E-state index is -0.419. The molecule has 0 saturated heterocycles. The lowest BCUT2D eigenvalue weighted by molar-refractivity contribution is -0.143. The largest absolute Gasteiger partial charge is 0.489 e. The first kappa shape index (κ1) is 20.6. The molecular formula is C23H28O4. The maximum atomic E-state index is 12.2. The second-order valence-electron chi connectivity index (χ2n) is 6.19. The molecule has 2 aromatic rings. The van der Waals surface area contributed by atoms with E-state index in [1.807, 2.05) is 61.5 Å². The summed E-state index contributed by atoms with van der Waals surface area (Å²) >= 11 is 0. The van der Waals surface area contributed by atoms with Crippen molar-refractivity contribution in [2.24, 2.45) is 0 Å².